The third kappa shape index (κ3) is 5.66. The molecule has 33 heavy (non-hydrogen) atoms. The summed E-state index contributed by atoms with van der Waals surface area (Å²) in [5.74, 6) is 1.55. The average Bonchev–Trinajstić information content (AvgIpc) is 3.55. The second-order valence-electron chi connectivity index (χ2n) is 8.27. The van der Waals surface area contributed by atoms with Gasteiger partial charge in [-0.3, -0.25) is 4.79 Å². The van der Waals surface area contributed by atoms with Gasteiger partial charge >= 0.3 is 0 Å². The van der Waals surface area contributed by atoms with Crippen LogP contribution in [0.3, 0.4) is 0 Å². The first-order valence-corrected chi connectivity index (χ1v) is 12.4. The molecule has 1 N–H and O–H groups in total. The van der Waals surface area contributed by atoms with E-state index in [0.717, 1.165) is 35.9 Å². The van der Waals surface area contributed by atoms with Crippen molar-refractivity contribution in [3.8, 4) is 17.1 Å². The fourth-order valence-corrected chi connectivity index (χ4v) is 5.47. The lowest BCUT2D eigenvalue weighted by molar-refractivity contribution is -0.122. The van der Waals surface area contributed by atoms with Gasteiger partial charge < -0.3 is 24.0 Å². The van der Waals surface area contributed by atoms with E-state index in [0.29, 0.717) is 13.2 Å². The maximum Gasteiger partial charge on any atom is 0.290 e. The van der Waals surface area contributed by atoms with Crippen LogP contribution < -0.4 is 9.64 Å². The fourth-order valence-electron chi connectivity index (χ4n) is 4.31. The van der Waals surface area contributed by atoms with E-state index in [-0.39, 0.29) is 24.2 Å². The van der Waals surface area contributed by atoms with Crippen molar-refractivity contribution < 1.29 is 27.8 Å². The summed E-state index contributed by atoms with van der Waals surface area (Å²) in [5, 5.41) is 6.89. The molecule has 0 bridgehead atoms. The summed E-state index contributed by atoms with van der Waals surface area (Å²) in [6.45, 7) is 2.74. The molecule has 2 fully saturated rings. The van der Waals surface area contributed by atoms with Gasteiger partial charge in [0, 0.05) is 51.1 Å². The predicted molar refractivity (Wildman–Crippen MR) is 125 cm³/mol. The molecule has 2 aromatic rings. The number of ether oxygens (including phenoxy) is 2. The van der Waals surface area contributed by atoms with Gasteiger partial charge in [0.05, 0.1) is 37.8 Å². The van der Waals surface area contributed by atoms with Crippen molar-refractivity contribution in [3.63, 3.8) is 0 Å². The normalized spacial score (nSPS) is 20.5. The monoisotopic (exact) mass is 480 g/mol. The largest absolute Gasteiger partial charge is 0.495 e. The number of nitrogens with zero attached hydrogens (tertiary/aromatic N) is 4. The highest BCUT2D eigenvalue weighted by Gasteiger charge is 2.35. The second-order valence-corrected chi connectivity index (χ2v) is 10.5. The number of carboxylic acid groups (broad SMARTS) is 1. The van der Waals surface area contributed by atoms with Crippen LogP contribution in [0.25, 0.3) is 11.4 Å². The summed E-state index contributed by atoms with van der Waals surface area (Å²) in [6, 6.07) is 6.10. The Morgan fingerprint density at radius 1 is 1.27 bits per heavy atom. The Bertz CT molecular complexity index is 1030. The van der Waals surface area contributed by atoms with Crippen molar-refractivity contribution >= 4 is 22.2 Å². The molecule has 182 valence electrons. The highest BCUT2D eigenvalue weighted by Crippen LogP contribution is 2.37. The summed E-state index contributed by atoms with van der Waals surface area (Å²) < 4.78 is 39.5. The van der Waals surface area contributed by atoms with Crippen molar-refractivity contribution in [3.05, 3.63) is 30.6 Å². The molecule has 1 aromatic carbocycles. The Labute approximate surface area is 194 Å². The Morgan fingerprint density at radius 2 is 1.97 bits per heavy atom. The van der Waals surface area contributed by atoms with E-state index in [1.807, 2.05) is 16.8 Å². The van der Waals surface area contributed by atoms with Gasteiger partial charge in [-0.05, 0) is 31.0 Å². The lowest BCUT2D eigenvalue weighted by atomic mass is 10.1. The predicted octanol–water partition coefficient (Wildman–Crippen LogP) is 1.94. The molecular formula is C22H32N4O6S. The summed E-state index contributed by atoms with van der Waals surface area (Å²) in [7, 11) is 1.51. The van der Waals surface area contributed by atoms with Crippen LogP contribution in [-0.4, -0.2) is 87.1 Å². The smallest absolute Gasteiger partial charge is 0.290 e. The minimum atomic E-state index is -3.31. The second kappa shape index (κ2) is 11.0. The van der Waals surface area contributed by atoms with E-state index in [2.05, 4.69) is 22.0 Å². The van der Waals surface area contributed by atoms with Crippen LogP contribution >= 0.6 is 0 Å². The third-order valence-corrected chi connectivity index (χ3v) is 8.02. The number of anilines is 1. The Morgan fingerprint density at radius 3 is 2.61 bits per heavy atom. The molecule has 0 unspecified atom stereocenters. The van der Waals surface area contributed by atoms with Gasteiger partial charge in [0.25, 0.3) is 6.47 Å². The van der Waals surface area contributed by atoms with E-state index in [1.54, 1.807) is 27.4 Å². The summed E-state index contributed by atoms with van der Waals surface area (Å²) in [5.41, 5.74) is 2.05. The van der Waals surface area contributed by atoms with Gasteiger partial charge in [0.15, 0.2) is 0 Å². The van der Waals surface area contributed by atoms with Crippen molar-refractivity contribution in [2.45, 2.75) is 18.9 Å². The minimum absolute atomic E-state index is 0.0551. The number of aromatic nitrogens is 2. The molecule has 2 atom stereocenters. The molecule has 0 aliphatic carbocycles. The number of rotatable bonds is 7. The number of sulfonamides is 1. The van der Waals surface area contributed by atoms with Gasteiger partial charge in [0.2, 0.25) is 10.0 Å². The third-order valence-electron chi connectivity index (χ3n) is 6.06. The molecule has 11 heteroatoms. The number of methoxy groups -OCH3 is 1. The molecule has 0 radical (unpaired) electrons. The van der Waals surface area contributed by atoms with E-state index < -0.39 is 10.0 Å². The summed E-state index contributed by atoms with van der Waals surface area (Å²) in [6.07, 6.45) is 6.07. The van der Waals surface area contributed by atoms with Crippen LogP contribution in [-0.2, 0) is 19.6 Å². The van der Waals surface area contributed by atoms with Crippen LogP contribution in [0.1, 0.15) is 18.9 Å². The van der Waals surface area contributed by atoms with Crippen molar-refractivity contribution in [2.24, 2.45) is 5.92 Å². The van der Waals surface area contributed by atoms with Crippen molar-refractivity contribution in [2.75, 3.05) is 58.2 Å². The molecular weight excluding hydrogens is 448 g/mol. The zero-order valence-corrected chi connectivity index (χ0v) is 20.1. The van der Waals surface area contributed by atoms with Crippen LogP contribution in [0.15, 0.2) is 30.6 Å². The molecule has 1 aromatic heterocycles. The highest BCUT2D eigenvalue weighted by molar-refractivity contribution is 7.89. The fraction of sp³-hybridized carbons (Fsp3) is 0.545. The minimum Gasteiger partial charge on any atom is -0.495 e. The molecule has 10 nitrogen and oxygen atoms in total. The zero-order chi connectivity index (χ0) is 24.0. The van der Waals surface area contributed by atoms with Crippen molar-refractivity contribution in [1.29, 1.82) is 0 Å². The van der Waals surface area contributed by atoms with Gasteiger partial charge in [-0.25, -0.2) is 17.7 Å². The van der Waals surface area contributed by atoms with Gasteiger partial charge in [-0.2, -0.15) is 0 Å². The number of carbonyl (C=O) groups is 1. The van der Waals surface area contributed by atoms with Crippen LogP contribution in [0.2, 0.25) is 0 Å². The molecule has 3 heterocycles. The highest BCUT2D eigenvalue weighted by atomic mass is 32.2. The Hall–Kier alpha value is -2.63. The first kappa shape index (κ1) is 25.0. The summed E-state index contributed by atoms with van der Waals surface area (Å²) in [4.78, 5) is 15.3. The van der Waals surface area contributed by atoms with E-state index in [9.17, 15) is 8.42 Å². The number of hydrogen-bond acceptors (Lipinski definition) is 7. The van der Waals surface area contributed by atoms with E-state index in [4.69, 9.17) is 19.4 Å². The SMILES string of the molecule is COc1cc(-c2nccn2[C@@H]2COC[C@H]2CS(=O)(=O)N(C)C)ccc1N1CCCC1.O=CO. The molecule has 0 spiro atoms. The zero-order valence-electron chi connectivity index (χ0n) is 19.3. The van der Waals surface area contributed by atoms with E-state index in [1.165, 1.54) is 17.1 Å². The molecule has 0 saturated carbocycles. The van der Waals surface area contributed by atoms with Gasteiger partial charge in [-0.15, -0.1) is 0 Å². The molecule has 0 amide bonds. The Kier molecular flexibility index (Phi) is 8.33. The standard InChI is InChI=1S/C21H30N4O4S.CH2O2/c1-23(2)30(26,27)15-17-13-29-14-19(17)25-11-8-22-21(25)16-6-7-18(20(12-16)28-3)24-9-4-5-10-24;2-1-3/h6-8,11-12,17,19H,4-5,9-10,13-15H2,1-3H3;1H,(H,2,3)/t17-,19+;/m0./s1. The van der Waals surface area contributed by atoms with E-state index >= 15 is 0 Å². The maximum atomic E-state index is 12.4. The Balaban J connectivity index is 0.000000968. The molecule has 2 saturated heterocycles. The van der Waals surface area contributed by atoms with Crippen LogP contribution in [0.5, 0.6) is 5.75 Å². The molecule has 2 aliphatic heterocycles. The van der Waals surface area contributed by atoms with Gasteiger partial charge in [-0.1, -0.05) is 0 Å². The molecule has 4 rings (SSSR count). The maximum absolute atomic E-state index is 12.4. The summed E-state index contributed by atoms with van der Waals surface area (Å²) >= 11 is 0. The topological polar surface area (TPSA) is 114 Å². The number of hydrogen-bond donors (Lipinski definition) is 1. The lowest BCUT2D eigenvalue weighted by Crippen LogP contribution is -2.32. The van der Waals surface area contributed by atoms with Gasteiger partial charge in [0.1, 0.15) is 11.6 Å². The van der Waals surface area contributed by atoms with Crippen LogP contribution in [0, 0.1) is 5.92 Å². The first-order valence-electron chi connectivity index (χ1n) is 10.8. The molecule has 2 aliphatic rings. The number of benzene rings is 1. The van der Waals surface area contributed by atoms with Crippen LogP contribution in [0.4, 0.5) is 5.69 Å². The number of imidazole rings is 1. The van der Waals surface area contributed by atoms with Crippen molar-refractivity contribution in [1.82, 2.24) is 13.9 Å². The average molecular weight is 481 g/mol. The quantitative estimate of drug-likeness (QED) is 0.598. The lowest BCUT2D eigenvalue weighted by Gasteiger charge is -2.24. The first-order chi connectivity index (χ1) is 15.8.